The Morgan fingerprint density at radius 3 is 2.66 bits per heavy atom. The number of pyridine rings is 2. The van der Waals surface area contributed by atoms with Crippen molar-refractivity contribution in [3.8, 4) is 22.8 Å². The van der Waals surface area contributed by atoms with Crippen molar-refractivity contribution < 1.29 is 9.26 Å². The number of nitrogens with one attached hydrogen (secondary N) is 1. The van der Waals surface area contributed by atoms with Gasteiger partial charge in [-0.3, -0.25) is 14.5 Å². The number of aromatic nitrogens is 6. The van der Waals surface area contributed by atoms with Crippen LogP contribution >= 0.6 is 27.5 Å². The van der Waals surface area contributed by atoms with Crippen molar-refractivity contribution in [2.75, 3.05) is 24.7 Å². The predicted molar refractivity (Wildman–Crippen MR) is 173 cm³/mol. The third-order valence-electron chi connectivity index (χ3n) is 8.92. The zero-order valence-corrected chi connectivity index (χ0v) is 26.7. The Hall–Kier alpha value is -3.54. The van der Waals surface area contributed by atoms with Crippen LogP contribution in [-0.2, 0) is 11.3 Å². The predicted octanol–water partition coefficient (Wildman–Crippen LogP) is 7.05. The van der Waals surface area contributed by atoms with E-state index in [1.165, 1.54) is 31.2 Å². The Morgan fingerprint density at radius 1 is 1.09 bits per heavy atom. The van der Waals surface area contributed by atoms with Crippen LogP contribution in [0.2, 0.25) is 5.02 Å². The number of aryl methyl sites for hydroxylation is 1. The number of H-pyrrole nitrogens is 1. The first-order valence-electron chi connectivity index (χ1n) is 15.1. The highest BCUT2D eigenvalue weighted by atomic mass is 79.9. The van der Waals surface area contributed by atoms with Crippen molar-refractivity contribution in [3.63, 3.8) is 0 Å². The number of aromatic amines is 1. The molecule has 228 valence electrons. The number of fused-ring (bicyclic) bond motifs is 1. The summed E-state index contributed by atoms with van der Waals surface area (Å²) in [7, 11) is 0. The lowest BCUT2D eigenvalue weighted by molar-refractivity contribution is 0.0928. The molecule has 44 heavy (non-hydrogen) atoms. The van der Waals surface area contributed by atoms with Crippen molar-refractivity contribution in [3.05, 3.63) is 74.4 Å². The first-order chi connectivity index (χ1) is 21.5. The fraction of sp³-hybridized carbons (Fsp3) is 0.406. The molecule has 1 aromatic carbocycles. The molecule has 2 aliphatic rings. The maximum Gasteiger partial charge on any atom is 0.439 e. The quantitative estimate of drug-likeness (QED) is 0.195. The molecule has 1 aliphatic heterocycles. The van der Waals surface area contributed by atoms with Gasteiger partial charge in [-0.1, -0.05) is 79.7 Å². The van der Waals surface area contributed by atoms with E-state index in [0.717, 1.165) is 35.9 Å². The molecular formula is C32H33BrClN7O3. The highest BCUT2D eigenvalue weighted by Gasteiger charge is 2.32. The Bertz CT molecular complexity index is 1830. The van der Waals surface area contributed by atoms with Crippen LogP contribution in [0.3, 0.4) is 0 Å². The van der Waals surface area contributed by atoms with Gasteiger partial charge in [0.25, 0.3) is 0 Å². The van der Waals surface area contributed by atoms with Crippen LogP contribution in [0.25, 0.3) is 33.8 Å². The molecule has 0 bridgehead atoms. The van der Waals surface area contributed by atoms with Gasteiger partial charge < -0.3 is 14.2 Å². The summed E-state index contributed by atoms with van der Waals surface area (Å²) in [6.45, 7) is 4.98. The number of hydrogen-bond acceptors (Lipinski definition) is 8. The Morgan fingerprint density at radius 2 is 1.91 bits per heavy atom. The topological polar surface area (TPSA) is 115 Å². The summed E-state index contributed by atoms with van der Waals surface area (Å²) in [5.74, 6) is 1.84. The Kier molecular flexibility index (Phi) is 8.26. The molecule has 1 N–H and O–H groups in total. The molecule has 1 saturated heterocycles. The maximum atomic E-state index is 11.9. The van der Waals surface area contributed by atoms with Gasteiger partial charge in [0.15, 0.2) is 0 Å². The molecule has 5 heterocycles. The van der Waals surface area contributed by atoms with E-state index in [2.05, 4.69) is 71.7 Å². The number of imidazole rings is 1. The van der Waals surface area contributed by atoms with E-state index in [-0.39, 0.29) is 11.9 Å². The molecule has 0 radical (unpaired) electrons. The van der Waals surface area contributed by atoms with Gasteiger partial charge in [-0.05, 0) is 45.8 Å². The lowest BCUT2D eigenvalue weighted by Crippen LogP contribution is -2.41. The number of nitrogens with zero attached hydrogens (tertiary/aromatic N) is 6. The summed E-state index contributed by atoms with van der Waals surface area (Å²) < 4.78 is 13.8. The van der Waals surface area contributed by atoms with Gasteiger partial charge in [0.1, 0.15) is 11.2 Å². The lowest BCUT2D eigenvalue weighted by Gasteiger charge is -2.37. The van der Waals surface area contributed by atoms with Crippen LogP contribution < -0.4 is 10.7 Å². The molecule has 5 aromatic rings. The SMILES string of the molecule is CC1CCC(CCn2c(N3CCOCC3c3ccccc3)nc3c(Br)c(-c4noc(=O)[nH]4)nc(-c4cncc(Cl)c4)c32)CC1. The van der Waals surface area contributed by atoms with E-state index >= 15 is 0 Å². The van der Waals surface area contributed by atoms with Crippen LogP contribution in [0.4, 0.5) is 5.95 Å². The van der Waals surface area contributed by atoms with Crippen molar-refractivity contribution in [1.82, 2.24) is 29.7 Å². The van der Waals surface area contributed by atoms with E-state index in [1.54, 1.807) is 12.4 Å². The van der Waals surface area contributed by atoms with Crippen molar-refractivity contribution in [2.24, 2.45) is 11.8 Å². The summed E-state index contributed by atoms with van der Waals surface area (Å²) in [6.07, 6.45) is 9.41. The molecule has 1 unspecified atom stereocenters. The summed E-state index contributed by atoms with van der Waals surface area (Å²) in [5.41, 5.74) is 4.55. The molecule has 1 aliphatic carbocycles. The molecule has 4 aromatic heterocycles. The second-order valence-corrected chi connectivity index (χ2v) is 13.1. The second-order valence-electron chi connectivity index (χ2n) is 11.8. The summed E-state index contributed by atoms with van der Waals surface area (Å²) >= 11 is 10.2. The first kappa shape index (κ1) is 29.2. The van der Waals surface area contributed by atoms with Crippen molar-refractivity contribution in [2.45, 2.75) is 51.6 Å². The van der Waals surface area contributed by atoms with Crippen LogP contribution in [0.5, 0.6) is 0 Å². The molecule has 0 amide bonds. The van der Waals surface area contributed by atoms with Crippen LogP contribution in [0.15, 0.2) is 62.6 Å². The van der Waals surface area contributed by atoms with Crippen LogP contribution in [0, 0.1) is 11.8 Å². The van der Waals surface area contributed by atoms with E-state index in [9.17, 15) is 4.79 Å². The zero-order chi connectivity index (χ0) is 30.2. The fourth-order valence-corrected chi connectivity index (χ4v) is 7.27. The van der Waals surface area contributed by atoms with Gasteiger partial charge in [-0.15, -0.1) is 0 Å². The molecule has 10 nitrogen and oxygen atoms in total. The molecule has 1 atom stereocenters. The highest BCUT2D eigenvalue weighted by molar-refractivity contribution is 9.10. The molecule has 7 rings (SSSR count). The molecule has 0 spiro atoms. The van der Waals surface area contributed by atoms with Crippen molar-refractivity contribution in [1.29, 1.82) is 0 Å². The summed E-state index contributed by atoms with van der Waals surface area (Å²) in [6, 6.07) is 12.3. The zero-order valence-electron chi connectivity index (χ0n) is 24.4. The average Bonchev–Trinajstić information content (AvgIpc) is 3.65. The molecule has 2 fully saturated rings. The minimum absolute atomic E-state index is 0.00886. The summed E-state index contributed by atoms with van der Waals surface area (Å²) in [4.78, 5) is 31.7. The van der Waals surface area contributed by atoms with Gasteiger partial charge in [-0.25, -0.2) is 14.8 Å². The first-order valence-corrected chi connectivity index (χ1v) is 16.3. The molecular weight excluding hydrogens is 646 g/mol. The molecule has 12 heteroatoms. The van der Waals surface area contributed by atoms with Crippen molar-refractivity contribution >= 4 is 44.5 Å². The largest absolute Gasteiger partial charge is 0.439 e. The minimum atomic E-state index is -0.660. The van der Waals surface area contributed by atoms with Crippen LogP contribution in [0.1, 0.15) is 50.6 Å². The number of benzene rings is 1. The van der Waals surface area contributed by atoms with Gasteiger partial charge in [0.05, 0.1) is 40.0 Å². The fourth-order valence-electron chi connectivity index (χ4n) is 6.55. The second kappa shape index (κ2) is 12.5. The average molecular weight is 679 g/mol. The third kappa shape index (κ3) is 5.68. The highest BCUT2D eigenvalue weighted by Crippen LogP contribution is 2.42. The number of hydrogen-bond donors (Lipinski definition) is 1. The van der Waals surface area contributed by atoms with Gasteiger partial charge >= 0.3 is 5.76 Å². The van der Waals surface area contributed by atoms with E-state index in [4.69, 9.17) is 30.8 Å². The number of anilines is 1. The standard InChI is InChI=1S/C32H33BrClN7O3/c1-19-7-9-20(10-8-19)11-12-41-29-26(22-15-23(34)17-35-16-22)36-28(30-38-32(42)44-39-30)25(33)27(29)37-31(41)40-13-14-43-18-24(40)21-5-3-2-4-6-21/h2-6,15-17,19-20,24H,7-14,18H2,1H3,(H,38,39,42). The number of ether oxygens (including phenoxy) is 1. The summed E-state index contributed by atoms with van der Waals surface area (Å²) in [5, 5.41) is 4.44. The smallest absolute Gasteiger partial charge is 0.377 e. The van der Waals surface area contributed by atoms with Crippen LogP contribution in [-0.4, -0.2) is 49.4 Å². The lowest BCUT2D eigenvalue weighted by atomic mass is 9.81. The third-order valence-corrected chi connectivity index (χ3v) is 9.88. The minimum Gasteiger partial charge on any atom is -0.377 e. The normalized spacial score (nSPS) is 20.8. The maximum absolute atomic E-state index is 11.9. The van der Waals surface area contributed by atoms with Gasteiger partial charge in [-0.2, -0.15) is 0 Å². The van der Waals surface area contributed by atoms with Gasteiger partial charge in [0.2, 0.25) is 11.8 Å². The Labute approximate surface area is 267 Å². The van der Waals surface area contributed by atoms with E-state index in [0.29, 0.717) is 52.1 Å². The van der Waals surface area contributed by atoms with Gasteiger partial charge in [0, 0.05) is 31.0 Å². The number of halogens is 2. The molecule has 1 saturated carbocycles. The van der Waals surface area contributed by atoms with E-state index < -0.39 is 5.76 Å². The number of rotatable bonds is 7. The monoisotopic (exact) mass is 677 g/mol. The van der Waals surface area contributed by atoms with E-state index in [1.807, 2.05) is 12.1 Å². The Balaban J connectivity index is 1.44. The number of morpholine rings is 1.